The summed E-state index contributed by atoms with van der Waals surface area (Å²) >= 11 is 6.07. The van der Waals surface area contributed by atoms with Crippen molar-refractivity contribution in [3.63, 3.8) is 0 Å². The molecule has 2 aromatic carbocycles. The Morgan fingerprint density at radius 2 is 2.00 bits per heavy atom. The fourth-order valence-corrected chi connectivity index (χ4v) is 4.69. The molecule has 2 atom stereocenters. The maximum atomic E-state index is 11.1. The predicted molar refractivity (Wildman–Crippen MR) is 114 cm³/mol. The molecule has 154 valence electrons. The minimum atomic E-state index is -1.01. The van der Waals surface area contributed by atoms with Gasteiger partial charge in [-0.25, -0.2) is 9.78 Å². The van der Waals surface area contributed by atoms with Gasteiger partial charge in [0.15, 0.2) is 5.69 Å². The Balaban J connectivity index is 1.39. The third kappa shape index (κ3) is 3.36. The van der Waals surface area contributed by atoms with Crippen LogP contribution in [0.15, 0.2) is 61.1 Å². The van der Waals surface area contributed by atoms with Crippen molar-refractivity contribution in [2.24, 2.45) is 0 Å². The summed E-state index contributed by atoms with van der Waals surface area (Å²) in [7, 11) is 0. The number of halogens is 1. The molecule has 0 unspecified atom stereocenters. The minimum Gasteiger partial charge on any atom is -0.476 e. The fraction of sp³-hybridized carbons (Fsp3) is 0.304. The number of rotatable bonds is 5. The number of hydrogen-bond acceptors (Lipinski definition) is 4. The topological polar surface area (TPSA) is 67.6 Å². The lowest BCUT2D eigenvalue weighted by Crippen LogP contribution is -2.29. The van der Waals surface area contributed by atoms with Crippen LogP contribution in [0, 0.1) is 0 Å². The summed E-state index contributed by atoms with van der Waals surface area (Å²) in [4.78, 5) is 17.2. The van der Waals surface area contributed by atoms with Gasteiger partial charge >= 0.3 is 5.97 Å². The van der Waals surface area contributed by atoms with E-state index in [0.717, 1.165) is 11.4 Å². The first kappa shape index (κ1) is 19.2. The van der Waals surface area contributed by atoms with Crippen molar-refractivity contribution in [3.8, 4) is 0 Å². The van der Waals surface area contributed by atoms with Crippen LogP contribution in [0.3, 0.4) is 0 Å². The number of anilines is 1. The van der Waals surface area contributed by atoms with Gasteiger partial charge in [0.25, 0.3) is 0 Å². The maximum Gasteiger partial charge on any atom is 0.356 e. The van der Waals surface area contributed by atoms with Crippen molar-refractivity contribution in [2.75, 3.05) is 24.8 Å². The van der Waals surface area contributed by atoms with E-state index in [2.05, 4.69) is 46.3 Å². The molecular formula is C23H22ClN3O3. The number of carboxylic acid groups (broad SMARTS) is 1. The van der Waals surface area contributed by atoms with Crippen LogP contribution < -0.4 is 4.90 Å². The predicted octanol–water partition coefficient (Wildman–Crippen LogP) is 4.15. The number of hydrogen-bond donors (Lipinski definition) is 1. The number of aromatic carboxylic acids is 1. The average molecular weight is 424 g/mol. The first-order valence-electron chi connectivity index (χ1n) is 9.99. The molecule has 6 nitrogen and oxygen atoms in total. The van der Waals surface area contributed by atoms with E-state index < -0.39 is 5.97 Å². The Hall–Kier alpha value is -2.83. The molecule has 1 aliphatic carbocycles. The average Bonchev–Trinajstić information content (AvgIpc) is 3.32. The zero-order chi connectivity index (χ0) is 20.7. The highest BCUT2D eigenvalue weighted by Gasteiger charge is 2.58. The molecular weight excluding hydrogens is 402 g/mol. The standard InChI is InChI=1S/C23H22ClN3O3/c24-17-7-5-16(6-8-17)19-11-23(19)13-30-15-27(21-4-2-1-3-18(21)23)10-9-26-12-20(22(28)29)25-14-26/h1-8,12,14,19H,9-11,13,15H2,(H,28,29)/t19-,23+/m0/s1. The lowest BCUT2D eigenvalue weighted by atomic mass is 9.90. The van der Waals surface area contributed by atoms with E-state index in [4.69, 9.17) is 21.4 Å². The van der Waals surface area contributed by atoms with Gasteiger partial charge in [-0.3, -0.25) is 0 Å². The number of carbonyl (C=O) groups is 1. The second-order valence-corrected chi connectivity index (χ2v) is 8.46. The monoisotopic (exact) mass is 423 g/mol. The third-order valence-corrected chi connectivity index (χ3v) is 6.47. The number of fused-ring (bicyclic) bond motifs is 2. The molecule has 1 N–H and O–H groups in total. The maximum absolute atomic E-state index is 11.1. The smallest absolute Gasteiger partial charge is 0.356 e. The Morgan fingerprint density at radius 3 is 2.77 bits per heavy atom. The third-order valence-electron chi connectivity index (χ3n) is 6.22. The van der Waals surface area contributed by atoms with Crippen molar-refractivity contribution in [1.29, 1.82) is 0 Å². The summed E-state index contributed by atoms with van der Waals surface area (Å²) in [6.45, 7) is 2.52. The van der Waals surface area contributed by atoms with Crippen LogP contribution in [0.2, 0.25) is 5.02 Å². The van der Waals surface area contributed by atoms with Crippen LogP contribution in [0.1, 0.15) is 34.0 Å². The van der Waals surface area contributed by atoms with E-state index in [9.17, 15) is 4.79 Å². The summed E-state index contributed by atoms with van der Waals surface area (Å²) in [5.74, 6) is -0.594. The summed E-state index contributed by atoms with van der Waals surface area (Å²) in [6, 6.07) is 16.7. The molecule has 1 fully saturated rings. The highest BCUT2D eigenvalue weighted by atomic mass is 35.5. The van der Waals surface area contributed by atoms with Gasteiger partial charge < -0.3 is 19.3 Å². The summed E-state index contributed by atoms with van der Waals surface area (Å²) < 4.78 is 7.96. The van der Waals surface area contributed by atoms with Crippen LogP contribution in [-0.2, 0) is 16.7 Å². The van der Waals surface area contributed by atoms with Crippen LogP contribution >= 0.6 is 11.6 Å². The molecule has 0 saturated heterocycles. The highest BCUT2D eigenvalue weighted by molar-refractivity contribution is 6.30. The van der Waals surface area contributed by atoms with Crippen molar-refractivity contribution in [1.82, 2.24) is 9.55 Å². The Morgan fingerprint density at radius 1 is 1.20 bits per heavy atom. The van der Waals surface area contributed by atoms with Crippen molar-refractivity contribution in [3.05, 3.63) is 82.9 Å². The van der Waals surface area contributed by atoms with E-state index in [-0.39, 0.29) is 11.1 Å². The molecule has 1 spiro atoms. The van der Waals surface area contributed by atoms with Gasteiger partial charge in [0.1, 0.15) is 6.73 Å². The number of benzene rings is 2. The molecule has 2 aliphatic rings. The second kappa shape index (κ2) is 7.45. The minimum absolute atomic E-state index is 0.00927. The first-order chi connectivity index (χ1) is 14.6. The van der Waals surface area contributed by atoms with Crippen LogP contribution in [-0.4, -0.2) is 40.5 Å². The zero-order valence-electron chi connectivity index (χ0n) is 16.4. The molecule has 5 rings (SSSR count). The van der Waals surface area contributed by atoms with E-state index in [1.807, 2.05) is 12.1 Å². The number of aromatic nitrogens is 2. The summed E-state index contributed by atoms with van der Waals surface area (Å²) in [6.07, 6.45) is 4.18. The van der Waals surface area contributed by atoms with Crippen molar-refractivity contribution >= 4 is 23.3 Å². The van der Waals surface area contributed by atoms with E-state index in [1.165, 1.54) is 16.8 Å². The highest BCUT2D eigenvalue weighted by Crippen LogP contribution is 2.63. The molecule has 3 aromatic rings. The zero-order valence-corrected chi connectivity index (χ0v) is 17.1. The first-order valence-corrected chi connectivity index (χ1v) is 10.4. The van der Waals surface area contributed by atoms with Gasteiger partial charge in [-0.1, -0.05) is 41.9 Å². The molecule has 0 radical (unpaired) electrons. The van der Waals surface area contributed by atoms with E-state index >= 15 is 0 Å². The lowest BCUT2D eigenvalue weighted by Gasteiger charge is -2.25. The normalized spacial score (nSPS) is 22.6. The summed E-state index contributed by atoms with van der Waals surface area (Å²) in [5.41, 5.74) is 3.85. The van der Waals surface area contributed by atoms with Crippen LogP contribution in [0.25, 0.3) is 0 Å². The Bertz CT molecular complexity index is 1080. The lowest BCUT2D eigenvalue weighted by molar-refractivity contribution is 0.0691. The number of ether oxygens (including phenoxy) is 1. The molecule has 0 amide bonds. The number of para-hydroxylation sites is 1. The SMILES string of the molecule is O=C(O)c1cn(CCN2COC[C@]3(C[C@H]3c3ccc(Cl)cc3)c3ccccc32)cn1. The molecule has 30 heavy (non-hydrogen) atoms. The van der Waals surface area contributed by atoms with Crippen LogP contribution in [0.5, 0.6) is 0 Å². The van der Waals surface area contributed by atoms with Crippen LogP contribution in [0.4, 0.5) is 5.69 Å². The Kier molecular flexibility index (Phi) is 4.76. The van der Waals surface area contributed by atoms with Gasteiger partial charge in [0.05, 0.1) is 12.9 Å². The van der Waals surface area contributed by atoms with Gasteiger partial charge in [-0.15, -0.1) is 0 Å². The molecule has 1 aliphatic heterocycles. The van der Waals surface area contributed by atoms with Gasteiger partial charge in [0, 0.05) is 35.4 Å². The largest absolute Gasteiger partial charge is 0.476 e. The van der Waals surface area contributed by atoms with E-state index in [0.29, 0.717) is 32.3 Å². The van der Waals surface area contributed by atoms with Crippen molar-refractivity contribution in [2.45, 2.75) is 24.3 Å². The van der Waals surface area contributed by atoms with Gasteiger partial charge in [0.2, 0.25) is 0 Å². The quantitative estimate of drug-likeness (QED) is 0.667. The second-order valence-electron chi connectivity index (χ2n) is 8.02. The molecule has 7 heteroatoms. The number of imidazole rings is 1. The molecule has 1 aromatic heterocycles. The molecule has 1 saturated carbocycles. The van der Waals surface area contributed by atoms with Gasteiger partial charge in [-0.2, -0.15) is 0 Å². The number of nitrogens with zero attached hydrogens (tertiary/aromatic N) is 3. The molecule has 2 heterocycles. The summed E-state index contributed by atoms with van der Waals surface area (Å²) in [5, 5.41) is 9.82. The molecule has 0 bridgehead atoms. The number of carboxylic acids is 1. The van der Waals surface area contributed by atoms with E-state index in [1.54, 1.807) is 17.1 Å². The van der Waals surface area contributed by atoms with Gasteiger partial charge in [-0.05, 0) is 41.7 Å². The fourth-order valence-electron chi connectivity index (χ4n) is 4.56. The van der Waals surface area contributed by atoms with Crippen molar-refractivity contribution < 1.29 is 14.6 Å². The Labute approximate surface area is 179 Å².